The fourth-order valence-electron chi connectivity index (χ4n) is 1.26. The molecule has 90 valence electrons. The average molecular weight is 306 g/mol. The largest absolute Gasteiger partial charge is 0.419 e. The molecule has 0 unspecified atom stereocenters. The molecule has 2 aromatic heterocycles. The second-order valence-corrected chi connectivity index (χ2v) is 4.31. The third kappa shape index (κ3) is 3.06. The lowest BCUT2D eigenvalue weighted by Gasteiger charge is -2.02. The highest BCUT2D eigenvalue weighted by molar-refractivity contribution is 9.10. The second-order valence-electron chi connectivity index (χ2n) is 3.39. The predicted octanol–water partition coefficient (Wildman–Crippen LogP) is 3.11. The first-order valence-corrected chi connectivity index (χ1v) is 5.44. The molecule has 0 bridgehead atoms. The van der Waals surface area contributed by atoms with Crippen LogP contribution >= 0.6 is 15.9 Å². The molecular weight excluding hydrogens is 299 g/mol. The Kier molecular flexibility index (Phi) is 3.19. The van der Waals surface area contributed by atoms with Gasteiger partial charge in [0.25, 0.3) is 0 Å². The summed E-state index contributed by atoms with van der Waals surface area (Å²) in [5.74, 6) is 0. The molecule has 17 heavy (non-hydrogen) atoms. The predicted molar refractivity (Wildman–Crippen MR) is 58.3 cm³/mol. The maximum absolute atomic E-state index is 12.3. The number of halogens is 4. The van der Waals surface area contributed by atoms with Crippen LogP contribution in [0.5, 0.6) is 0 Å². The summed E-state index contributed by atoms with van der Waals surface area (Å²) in [6.07, 6.45) is -1.00. The molecule has 0 saturated heterocycles. The average Bonchev–Trinajstić information content (AvgIpc) is 2.69. The Morgan fingerprint density at radius 2 is 2.00 bits per heavy atom. The lowest BCUT2D eigenvalue weighted by atomic mass is 10.3. The molecule has 0 aromatic carbocycles. The second kappa shape index (κ2) is 4.48. The van der Waals surface area contributed by atoms with E-state index in [1.807, 2.05) is 0 Å². The van der Waals surface area contributed by atoms with Gasteiger partial charge in [-0.3, -0.25) is 9.67 Å². The highest BCUT2D eigenvalue weighted by atomic mass is 79.9. The van der Waals surface area contributed by atoms with Crippen LogP contribution in [-0.4, -0.2) is 14.8 Å². The van der Waals surface area contributed by atoms with E-state index in [2.05, 4.69) is 26.0 Å². The minimum Gasteiger partial charge on any atom is -0.266 e. The first kappa shape index (κ1) is 12.1. The normalized spacial score (nSPS) is 11.8. The molecule has 2 aromatic rings. The molecule has 2 heterocycles. The summed E-state index contributed by atoms with van der Waals surface area (Å²) in [6, 6.07) is 3.50. The van der Waals surface area contributed by atoms with Gasteiger partial charge in [0.2, 0.25) is 0 Å². The van der Waals surface area contributed by atoms with Gasteiger partial charge in [-0.25, -0.2) is 0 Å². The molecule has 0 aliphatic rings. The van der Waals surface area contributed by atoms with Crippen LogP contribution in [0, 0.1) is 0 Å². The fourth-order valence-corrected chi connectivity index (χ4v) is 1.50. The molecule has 0 saturated carbocycles. The van der Waals surface area contributed by atoms with E-state index in [4.69, 9.17) is 0 Å². The first-order valence-electron chi connectivity index (χ1n) is 4.65. The Bertz CT molecular complexity index is 504. The van der Waals surface area contributed by atoms with Crippen LogP contribution in [0.3, 0.4) is 0 Å². The summed E-state index contributed by atoms with van der Waals surface area (Å²) in [4.78, 5) is 4.06. The quantitative estimate of drug-likeness (QED) is 0.853. The van der Waals surface area contributed by atoms with E-state index in [0.29, 0.717) is 5.69 Å². The maximum Gasteiger partial charge on any atom is 0.419 e. The first-order chi connectivity index (χ1) is 7.95. The number of alkyl halides is 3. The van der Waals surface area contributed by atoms with Crippen molar-refractivity contribution in [1.29, 1.82) is 0 Å². The van der Waals surface area contributed by atoms with Crippen molar-refractivity contribution in [2.24, 2.45) is 0 Å². The number of hydrogen-bond acceptors (Lipinski definition) is 2. The lowest BCUT2D eigenvalue weighted by molar-refractivity contribution is -0.137. The van der Waals surface area contributed by atoms with E-state index in [1.54, 1.807) is 18.3 Å². The Labute approximate surface area is 103 Å². The van der Waals surface area contributed by atoms with Crippen LogP contribution in [0.2, 0.25) is 0 Å². The van der Waals surface area contributed by atoms with Gasteiger partial charge >= 0.3 is 6.18 Å². The molecule has 0 fully saturated rings. The SMILES string of the molecule is FC(F)(F)c1cnn(Cc2ccc(Br)cn2)c1. The van der Waals surface area contributed by atoms with Crippen molar-refractivity contribution in [1.82, 2.24) is 14.8 Å². The Morgan fingerprint density at radius 3 is 2.53 bits per heavy atom. The molecule has 2 rings (SSSR count). The van der Waals surface area contributed by atoms with Crippen LogP contribution < -0.4 is 0 Å². The third-order valence-corrected chi connectivity index (χ3v) is 2.54. The standard InChI is InChI=1S/C10H7BrF3N3/c11-8-1-2-9(15-4-8)6-17-5-7(3-16-17)10(12,13)14/h1-5H,6H2. The fraction of sp³-hybridized carbons (Fsp3) is 0.200. The van der Waals surface area contributed by atoms with Crippen molar-refractivity contribution < 1.29 is 13.2 Å². The topological polar surface area (TPSA) is 30.7 Å². The molecule has 0 radical (unpaired) electrons. The van der Waals surface area contributed by atoms with Crippen molar-refractivity contribution >= 4 is 15.9 Å². The smallest absolute Gasteiger partial charge is 0.266 e. The minimum atomic E-state index is -4.36. The molecule has 0 aliphatic heterocycles. The summed E-state index contributed by atoms with van der Waals surface area (Å²) in [5, 5.41) is 3.65. The molecule has 3 nitrogen and oxygen atoms in total. The molecule has 7 heteroatoms. The van der Waals surface area contributed by atoms with Gasteiger partial charge in [-0.15, -0.1) is 0 Å². The molecular formula is C10H7BrF3N3. The van der Waals surface area contributed by atoms with Gasteiger partial charge in [-0.1, -0.05) is 0 Å². The van der Waals surface area contributed by atoms with Crippen LogP contribution in [0.25, 0.3) is 0 Å². The third-order valence-electron chi connectivity index (χ3n) is 2.07. The van der Waals surface area contributed by atoms with Crippen molar-refractivity contribution in [2.75, 3.05) is 0 Å². The van der Waals surface area contributed by atoms with Crippen molar-refractivity contribution in [2.45, 2.75) is 12.7 Å². The van der Waals surface area contributed by atoms with Gasteiger partial charge < -0.3 is 0 Å². The van der Waals surface area contributed by atoms with Gasteiger partial charge in [-0.05, 0) is 28.1 Å². The number of hydrogen-bond donors (Lipinski definition) is 0. The minimum absolute atomic E-state index is 0.212. The summed E-state index contributed by atoms with van der Waals surface area (Å²) >= 11 is 3.23. The molecule has 0 spiro atoms. The Hall–Kier alpha value is -1.37. The Balaban J connectivity index is 2.14. The zero-order valence-electron chi connectivity index (χ0n) is 8.45. The molecule has 0 atom stereocenters. The van der Waals surface area contributed by atoms with E-state index in [1.165, 1.54) is 4.68 Å². The molecule has 0 N–H and O–H groups in total. The summed E-state index contributed by atoms with van der Waals surface area (Å²) in [5.41, 5.74) is -0.111. The van der Waals surface area contributed by atoms with Crippen molar-refractivity contribution in [3.8, 4) is 0 Å². The summed E-state index contributed by atoms with van der Waals surface area (Å²) in [7, 11) is 0. The monoisotopic (exact) mass is 305 g/mol. The highest BCUT2D eigenvalue weighted by Crippen LogP contribution is 2.28. The van der Waals surface area contributed by atoms with Crippen molar-refractivity contribution in [3.05, 3.63) is 46.5 Å². The maximum atomic E-state index is 12.3. The van der Waals surface area contributed by atoms with E-state index in [9.17, 15) is 13.2 Å². The van der Waals surface area contributed by atoms with Crippen LogP contribution in [0.1, 0.15) is 11.3 Å². The van der Waals surface area contributed by atoms with Gasteiger partial charge in [0.05, 0.1) is 24.0 Å². The highest BCUT2D eigenvalue weighted by Gasteiger charge is 2.32. The summed E-state index contributed by atoms with van der Waals surface area (Å²) in [6.45, 7) is 0.212. The molecule has 0 aliphatic carbocycles. The van der Waals surface area contributed by atoms with Gasteiger partial charge in [-0.2, -0.15) is 18.3 Å². The summed E-state index contributed by atoms with van der Waals surface area (Å²) < 4.78 is 39.0. The van der Waals surface area contributed by atoms with Gasteiger partial charge in [0.1, 0.15) is 0 Å². The van der Waals surface area contributed by atoms with Crippen LogP contribution in [-0.2, 0) is 12.7 Å². The lowest BCUT2D eigenvalue weighted by Crippen LogP contribution is -2.04. The van der Waals surface area contributed by atoms with E-state index < -0.39 is 11.7 Å². The van der Waals surface area contributed by atoms with Gasteiger partial charge in [0, 0.05) is 16.9 Å². The van der Waals surface area contributed by atoms with Crippen LogP contribution in [0.15, 0.2) is 35.2 Å². The number of rotatable bonds is 2. The zero-order chi connectivity index (χ0) is 12.5. The van der Waals surface area contributed by atoms with Crippen molar-refractivity contribution in [3.63, 3.8) is 0 Å². The Morgan fingerprint density at radius 1 is 1.24 bits per heavy atom. The number of nitrogens with zero attached hydrogens (tertiary/aromatic N) is 3. The van der Waals surface area contributed by atoms with Crippen LogP contribution in [0.4, 0.5) is 13.2 Å². The molecule has 0 amide bonds. The van der Waals surface area contributed by atoms with Gasteiger partial charge in [0.15, 0.2) is 0 Å². The number of pyridine rings is 1. The zero-order valence-corrected chi connectivity index (χ0v) is 10.0. The van der Waals surface area contributed by atoms with E-state index in [-0.39, 0.29) is 6.54 Å². The van der Waals surface area contributed by atoms with E-state index in [0.717, 1.165) is 16.9 Å². The number of aromatic nitrogens is 3. The van der Waals surface area contributed by atoms with E-state index >= 15 is 0 Å².